The van der Waals surface area contributed by atoms with E-state index in [0.29, 0.717) is 36.1 Å². The number of nitrogens with one attached hydrogen (secondary N) is 1. The zero-order valence-electron chi connectivity index (χ0n) is 16.2. The molecule has 146 valence electrons. The number of carbonyl (C=O) groups is 1. The molecular weight excluding hydrogens is 344 g/mol. The number of rotatable bonds is 3. The normalized spacial score (nSPS) is 19.3. The van der Waals surface area contributed by atoms with Crippen LogP contribution < -0.4 is 10.2 Å². The average molecular weight is 372 g/mol. The Hall–Kier alpha value is -2.15. The number of hydrogen-bond donors (Lipinski definition) is 1. The van der Waals surface area contributed by atoms with Gasteiger partial charge in [-0.05, 0) is 26.7 Å². The summed E-state index contributed by atoms with van der Waals surface area (Å²) in [7, 11) is 0. The molecule has 0 atom stereocenters. The molecule has 0 bridgehead atoms. The molecule has 1 aliphatic heterocycles. The lowest BCUT2D eigenvalue weighted by molar-refractivity contribution is 0.0933. The Balaban J connectivity index is 1.70. The third kappa shape index (κ3) is 3.78. The molecule has 4 rings (SSSR count). The van der Waals surface area contributed by atoms with Crippen LogP contribution in [0.1, 0.15) is 60.5 Å². The number of nitrogens with zero attached hydrogens (tertiary/aromatic N) is 3. The summed E-state index contributed by atoms with van der Waals surface area (Å²) in [6, 6.07) is 0.238. The zero-order chi connectivity index (χ0) is 18.8. The third-order valence-electron chi connectivity index (χ3n) is 5.55. The fourth-order valence-corrected chi connectivity index (χ4v) is 4.16. The molecular formula is C20H28N4O3. The molecule has 2 aliphatic rings. The number of amides is 1. The molecule has 2 aromatic heterocycles. The molecule has 0 aromatic carbocycles. The highest BCUT2D eigenvalue weighted by molar-refractivity contribution is 6.10. The first-order chi connectivity index (χ1) is 13.1. The van der Waals surface area contributed by atoms with E-state index < -0.39 is 0 Å². The van der Waals surface area contributed by atoms with Crippen molar-refractivity contribution in [2.45, 2.75) is 58.4 Å². The fraction of sp³-hybridized carbons (Fsp3) is 0.650. The molecule has 0 unspecified atom stereocenters. The number of carbonyl (C=O) groups excluding carboxylic acids is 1. The summed E-state index contributed by atoms with van der Waals surface area (Å²) in [5.74, 6) is 1.96. The topological polar surface area (TPSA) is 80.5 Å². The number of fused-ring (bicyclic) bond motifs is 1. The summed E-state index contributed by atoms with van der Waals surface area (Å²) in [5.41, 5.74) is 1.07. The van der Waals surface area contributed by atoms with E-state index in [0.717, 1.165) is 37.1 Å². The second kappa shape index (κ2) is 7.84. The molecule has 7 heteroatoms. The Morgan fingerprint density at radius 1 is 1.07 bits per heavy atom. The lowest BCUT2D eigenvalue weighted by Gasteiger charge is -2.28. The van der Waals surface area contributed by atoms with Crippen molar-refractivity contribution in [1.82, 2.24) is 15.3 Å². The van der Waals surface area contributed by atoms with Crippen molar-refractivity contribution in [2.24, 2.45) is 0 Å². The summed E-state index contributed by atoms with van der Waals surface area (Å²) in [5, 5.41) is 3.97. The Bertz CT molecular complexity index is 818. The van der Waals surface area contributed by atoms with E-state index in [1.54, 1.807) is 0 Å². The molecule has 1 aliphatic carbocycles. The maximum atomic E-state index is 13.2. The first-order valence-corrected chi connectivity index (χ1v) is 10.0. The number of aromatic nitrogens is 2. The molecule has 1 amide bonds. The van der Waals surface area contributed by atoms with Gasteiger partial charge >= 0.3 is 0 Å². The monoisotopic (exact) mass is 372 g/mol. The first-order valence-electron chi connectivity index (χ1n) is 10.0. The van der Waals surface area contributed by atoms with Crippen LogP contribution in [-0.4, -0.2) is 48.2 Å². The fourth-order valence-electron chi connectivity index (χ4n) is 4.16. The molecule has 1 saturated carbocycles. The van der Waals surface area contributed by atoms with Gasteiger partial charge in [0.2, 0.25) is 5.71 Å². The third-order valence-corrected chi connectivity index (χ3v) is 5.55. The maximum Gasteiger partial charge on any atom is 0.255 e. The van der Waals surface area contributed by atoms with Crippen LogP contribution in [0.5, 0.6) is 0 Å². The van der Waals surface area contributed by atoms with Crippen LogP contribution >= 0.6 is 0 Å². The van der Waals surface area contributed by atoms with Crippen LogP contribution in [0, 0.1) is 13.8 Å². The van der Waals surface area contributed by atoms with E-state index in [1.165, 1.54) is 25.7 Å². The van der Waals surface area contributed by atoms with Crippen molar-refractivity contribution in [3.8, 4) is 0 Å². The van der Waals surface area contributed by atoms with Crippen LogP contribution in [0.4, 0.5) is 5.82 Å². The molecule has 7 nitrogen and oxygen atoms in total. The van der Waals surface area contributed by atoms with Crippen molar-refractivity contribution in [3.63, 3.8) is 0 Å². The molecule has 2 aromatic rings. The van der Waals surface area contributed by atoms with Gasteiger partial charge in [0.25, 0.3) is 5.91 Å². The molecule has 0 spiro atoms. The Morgan fingerprint density at radius 3 is 2.48 bits per heavy atom. The highest BCUT2D eigenvalue weighted by Crippen LogP contribution is 2.32. The zero-order valence-corrected chi connectivity index (χ0v) is 16.2. The van der Waals surface area contributed by atoms with Gasteiger partial charge in [0.1, 0.15) is 17.4 Å². The van der Waals surface area contributed by atoms with E-state index in [9.17, 15) is 4.79 Å². The van der Waals surface area contributed by atoms with Crippen LogP contribution in [0.2, 0.25) is 0 Å². The highest BCUT2D eigenvalue weighted by atomic mass is 16.5. The average Bonchev–Trinajstić information content (AvgIpc) is 2.82. The van der Waals surface area contributed by atoms with E-state index in [4.69, 9.17) is 9.15 Å². The summed E-state index contributed by atoms with van der Waals surface area (Å²) in [6.07, 6.45) is 6.97. The van der Waals surface area contributed by atoms with Gasteiger partial charge in [0, 0.05) is 19.1 Å². The van der Waals surface area contributed by atoms with Crippen molar-refractivity contribution in [1.29, 1.82) is 0 Å². The van der Waals surface area contributed by atoms with Crippen molar-refractivity contribution in [2.75, 3.05) is 31.2 Å². The second-order valence-corrected chi connectivity index (χ2v) is 7.57. The minimum Gasteiger partial charge on any atom is -0.442 e. The maximum absolute atomic E-state index is 13.2. The number of hydrogen-bond acceptors (Lipinski definition) is 6. The Kier molecular flexibility index (Phi) is 5.29. The largest absolute Gasteiger partial charge is 0.442 e. The van der Waals surface area contributed by atoms with Gasteiger partial charge < -0.3 is 19.4 Å². The molecule has 3 heterocycles. The SMILES string of the molecule is Cc1nc(N2CCOCC2)c2c(C(=O)NC3CCCCCC3)c(C)oc2n1. The van der Waals surface area contributed by atoms with Gasteiger partial charge in [-0.1, -0.05) is 25.7 Å². The number of morpholine rings is 1. The van der Waals surface area contributed by atoms with E-state index in [2.05, 4.69) is 20.2 Å². The van der Waals surface area contributed by atoms with Gasteiger partial charge in [0.05, 0.1) is 24.2 Å². The predicted octanol–water partition coefficient (Wildman–Crippen LogP) is 3.13. The number of ether oxygens (including phenoxy) is 1. The number of aryl methyl sites for hydroxylation is 2. The number of anilines is 1. The molecule has 2 fully saturated rings. The Labute approximate surface area is 159 Å². The lowest BCUT2D eigenvalue weighted by atomic mass is 10.1. The van der Waals surface area contributed by atoms with Gasteiger partial charge in [-0.25, -0.2) is 4.98 Å². The van der Waals surface area contributed by atoms with E-state index in [1.807, 2.05) is 13.8 Å². The minimum absolute atomic E-state index is 0.0693. The summed E-state index contributed by atoms with van der Waals surface area (Å²) in [4.78, 5) is 24.4. The van der Waals surface area contributed by atoms with Crippen molar-refractivity contribution >= 4 is 22.8 Å². The first kappa shape index (κ1) is 18.2. The number of furan rings is 1. The van der Waals surface area contributed by atoms with Gasteiger partial charge in [-0.3, -0.25) is 4.79 Å². The lowest BCUT2D eigenvalue weighted by Crippen LogP contribution is -2.37. The molecule has 27 heavy (non-hydrogen) atoms. The molecule has 1 N–H and O–H groups in total. The Morgan fingerprint density at radius 2 is 1.78 bits per heavy atom. The smallest absolute Gasteiger partial charge is 0.255 e. The summed E-state index contributed by atoms with van der Waals surface area (Å²) >= 11 is 0. The standard InChI is InChI=1S/C20H28N4O3/c1-13-16(19(25)23-15-7-5-3-4-6-8-15)17-18(24-9-11-26-12-10-24)21-14(2)22-20(17)27-13/h15H,3-12H2,1-2H3,(H,23,25). The predicted molar refractivity (Wildman–Crippen MR) is 103 cm³/mol. The van der Waals surface area contributed by atoms with Crippen molar-refractivity contribution in [3.05, 3.63) is 17.1 Å². The van der Waals surface area contributed by atoms with Gasteiger partial charge in [-0.2, -0.15) is 4.98 Å². The molecule has 1 saturated heterocycles. The second-order valence-electron chi connectivity index (χ2n) is 7.57. The van der Waals surface area contributed by atoms with E-state index in [-0.39, 0.29) is 11.9 Å². The van der Waals surface area contributed by atoms with Gasteiger partial charge in [0.15, 0.2) is 0 Å². The highest BCUT2D eigenvalue weighted by Gasteiger charge is 2.28. The van der Waals surface area contributed by atoms with Gasteiger partial charge in [-0.15, -0.1) is 0 Å². The minimum atomic E-state index is -0.0693. The summed E-state index contributed by atoms with van der Waals surface area (Å²) in [6.45, 7) is 6.50. The van der Waals surface area contributed by atoms with Crippen LogP contribution in [0.25, 0.3) is 11.1 Å². The van der Waals surface area contributed by atoms with Crippen molar-refractivity contribution < 1.29 is 13.9 Å². The van der Waals surface area contributed by atoms with E-state index >= 15 is 0 Å². The summed E-state index contributed by atoms with van der Waals surface area (Å²) < 4.78 is 11.3. The van der Waals surface area contributed by atoms with Crippen LogP contribution in [0.15, 0.2) is 4.42 Å². The quantitative estimate of drug-likeness (QED) is 0.834. The van der Waals surface area contributed by atoms with Crippen LogP contribution in [0.3, 0.4) is 0 Å². The molecule has 0 radical (unpaired) electrons. The van der Waals surface area contributed by atoms with Crippen LogP contribution in [-0.2, 0) is 4.74 Å².